The summed E-state index contributed by atoms with van der Waals surface area (Å²) >= 11 is 0. The molecule has 2 aromatic carbocycles. The zero-order valence-corrected chi connectivity index (χ0v) is 13.6. The number of benzene rings is 2. The van der Waals surface area contributed by atoms with Gasteiger partial charge in [0.05, 0.1) is 17.5 Å². The Morgan fingerprint density at radius 2 is 1.62 bits per heavy atom. The third-order valence-corrected chi connectivity index (χ3v) is 3.62. The van der Waals surface area contributed by atoms with Gasteiger partial charge in [0.2, 0.25) is 16.1 Å². The van der Waals surface area contributed by atoms with Crippen molar-refractivity contribution in [1.82, 2.24) is 0 Å². The zero-order valence-electron chi connectivity index (χ0n) is 12.8. The fraction of sp³-hybridized carbons (Fsp3) is 0.125. The first-order chi connectivity index (χ1) is 11.3. The number of rotatable bonds is 6. The van der Waals surface area contributed by atoms with E-state index in [0.717, 1.165) is 6.26 Å². The highest BCUT2D eigenvalue weighted by Crippen LogP contribution is 2.22. The summed E-state index contributed by atoms with van der Waals surface area (Å²) < 4.78 is 30.2. The molecule has 126 valence electrons. The van der Waals surface area contributed by atoms with Gasteiger partial charge in [-0.25, -0.2) is 13.2 Å². The highest BCUT2D eigenvalue weighted by atomic mass is 32.2. The first-order valence-corrected chi connectivity index (χ1v) is 8.79. The van der Waals surface area contributed by atoms with Crippen molar-refractivity contribution in [2.45, 2.75) is 6.10 Å². The quantitative estimate of drug-likeness (QED) is 0.766. The van der Waals surface area contributed by atoms with Gasteiger partial charge in [-0.1, -0.05) is 42.5 Å². The second-order valence-electron chi connectivity index (χ2n) is 5.02. The Labute approximate surface area is 139 Å². The number of nitrogens with two attached hydrogens (primary N) is 1. The number of carbonyl (C=O) groups excluding carboxylic acids is 2. The average Bonchev–Trinajstić information content (AvgIpc) is 2.52. The Morgan fingerprint density at radius 1 is 1.04 bits per heavy atom. The van der Waals surface area contributed by atoms with Crippen molar-refractivity contribution in [3.63, 3.8) is 0 Å². The van der Waals surface area contributed by atoms with Crippen molar-refractivity contribution < 1.29 is 22.7 Å². The van der Waals surface area contributed by atoms with E-state index >= 15 is 0 Å². The van der Waals surface area contributed by atoms with E-state index in [4.69, 9.17) is 10.5 Å². The molecule has 0 bridgehead atoms. The number of primary amides is 1. The summed E-state index contributed by atoms with van der Waals surface area (Å²) in [7, 11) is -3.58. The molecule has 0 saturated heterocycles. The molecule has 24 heavy (non-hydrogen) atoms. The topological polar surface area (TPSA) is 116 Å². The van der Waals surface area contributed by atoms with Crippen LogP contribution in [0.25, 0.3) is 0 Å². The first-order valence-electron chi connectivity index (χ1n) is 6.90. The van der Waals surface area contributed by atoms with Crippen LogP contribution in [-0.2, 0) is 19.6 Å². The number of ether oxygens (including phenoxy) is 1. The smallest absolute Gasteiger partial charge is 0.341 e. The van der Waals surface area contributed by atoms with Crippen LogP contribution in [-0.4, -0.2) is 26.6 Å². The summed E-state index contributed by atoms with van der Waals surface area (Å²) in [6, 6.07) is 14.2. The third kappa shape index (κ3) is 4.56. The number of hydrogen-bond donors (Lipinski definition) is 2. The third-order valence-electron chi connectivity index (χ3n) is 3.03. The van der Waals surface area contributed by atoms with Crippen LogP contribution < -0.4 is 10.5 Å². The Bertz CT molecular complexity index is 850. The fourth-order valence-electron chi connectivity index (χ4n) is 2.04. The molecule has 2 aromatic rings. The molecule has 0 aliphatic rings. The van der Waals surface area contributed by atoms with E-state index in [0.29, 0.717) is 5.56 Å². The highest BCUT2D eigenvalue weighted by Gasteiger charge is 2.24. The number of amides is 1. The van der Waals surface area contributed by atoms with Crippen molar-refractivity contribution in [3.8, 4) is 0 Å². The summed E-state index contributed by atoms with van der Waals surface area (Å²) in [6.45, 7) is 0. The summed E-state index contributed by atoms with van der Waals surface area (Å²) in [5, 5.41) is 0. The lowest BCUT2D eigenvalue weighted by molar-refractivity contribution is -0.127. The lowest BCUT2D eigenvalue weighted by Crippen LogP contribution is -2.26. The van der Waals surface area contributed by atoms with Crippen molar-refractivity contribution in [3.05, 3.63) is 65.7 Å². The van der Waals surface area contributed by atoms with E-state index in [2.05, 4.69) is 4.72 Å². The van der Waals surface area contributed by atoms with Crippen LogP contribution in [0.3, 0.4) is 0 Å². The van der Waals surface area contributed by atoms with Gasteiger partial charge in [0.15, 0.2) is 0 Å². The maximum absolute atomic E-state index is 12.4. The summed E-state index contributed by atoms with van der Waals surface area (Å²) in [4.78, 5) is 24.0. The van der Waals surface area contributed by atoms with Gasteiger partial charge in [-0.2, -0.15) is 0 Å². The van der Waals surface area contributed by atoms with E-state index < -0.39 is 28.0 Å². The predicted molar refractivity (Wildman–Crippen MR) is 88.7 cm³/mol. The molecule has 0 fully saturated rings. The molecule has 0 aromatic heterocycles. The van der Waals surface area contributed by atoms with Gasteiger partial charge in [-0.3, -0.25) is 9.52 Å². The second-order valence-corrected chi connectivity index (χ2v) is 6.77. The molecule has 0 saturated carbocycles. The maximum Gasteiger partial charge on any atom is 0.341 e. The van der Waals surface area contributed by atoms with Gasteiger partial charge in [-0.15, -0.1) is 0 Å². The molecule has 0 aliphatic heterocycles. The van der Waals surface area contributed by atoms with Crippen LogP contribution in [0.15, 0.2) is 54.6 Å². The number of sulfonamides is 1. The second kappa shape index (κ2) is 7.14. The van der Waals surface area contributed by atoms with E-state index in [9.17, 15) is 18.0 Å². The number of para-hydroxylation sites is 1. The number of carbonyl (C=O) groups is 2. The monoisotopic (exact) mass is 348 g/mol. The molecule has 0 heterocycles. The summed E-state index contributed by atoms with van der Waals surface area (Å²) in [6.07, 6.45) is -0.310. The standard InChI is InChI=1S/C16H16N2O5S/c1-24(21,22)18-13-10-6-5-9-12(13)16(20)23-14(15(17)19)11-7-3-2-4-8-11/h2-10,14,18H,1H3,(H2,17,19)/t14-/m1/s1. The van der Waals surface area contributed by atoms with Gasteiger partial charge in [0, 0.05) is 5.56 Å². The molecule has 1 atom stereocenters. The molecule has 0 radical (unpaired) electrons. The average molecular weight is 348 g/mol. The van der Waals surface area contributed by atoms with Crippen LogP contribution in [0, 0.1) is 0 Å². The minimum absolute atomic E-state index is 0.0230. The normalized spacial score (nSPS) is 12.2. The first kappa shape index (κ1) is 17.5. The lowest BCUT2D eigenvalue weighted by Gasteiger charge is -2.16. The van der Waals surface area contributed by atoms with E-state index in [1.807, 2.05) is 0 Å². The van der Waals surface area contributed by atoms with Crippen LogP contribution in [0.1, 0.15) is 22.0 Å². The van der Waals surface area contributed by atoms with Crippen molar-refractivity contribution in [2.24, 2.45) is 5.73 Å². The van der Waals surface area contributed by atoms with Gasteiger partial charge >= 0.3 is 5.97 Å². The van der Waals surface area contributed by atoms with E-state index in [1.165, 1.54) is 12.1 Å². The van der Waals surface area contributed by atoms with Crippen molar-refractivity contribution in [2.75, 3.05) is 11.0 Å². The van der Waals surface area contributed by atoms with Crippen molar-refractivity contribution in [1.29, 1.82) is 0 Å². The molecule has 0 spiro atoms. The molecular weight excluding hydrogens is 332 g/mol. The van der Waals surface area contributed by atoms with Gasteiger partial charge in [-0.05, 0) is 12.1 Å². The van der Waals surface area contributed by atoms with Gasteiger partial charge < -0.3 is 10.5 Å². The molecule has 0 unspecified atom stereocenters. The molecule has 2 rings (SSSR count). The molecule has 1 amide bonds. The Balaban J connectivity index is 2.30. The van der Waals surface area contributed by atoms with Crippen LogP contribution >= 0.6 is 0 Å². The number of hydrogen-bond acceptors (Lipinski definition) is 5. The Morgan fingerprint density at radius 3 is 2.21 bits per heavy atom. The van der Waals surface area contributed by atoms with Crippen molar-refractivity contribution >= 4 is 27.6 Å². The van der Waals surface area contributed by atoms with Crippen LogP contribution in [0.4, 0.5) is 5.69 Å². The van der Waals surface area contributed by atoms with Crippen LogP contribution in [0.5, 0.6) is 0 Å². The summed E-state index contributed by atoms with van der Waals surface area (Å²) in [5.74, 6) is -1.70. The summed E-state index contributed by atoms with van der Waals surface area (Å²) in [5.41, 5.74) is 5.76. The Kier molecular flexibility index (Phi) is 5.20. The SMILES string of the molecule is CS(=O)(=O)Nc1ccccc1C(=O)O[C@@H](C(N)=O)c1ccccc1. The lowest BCUT2D eigenvalue weighted by atomic mass is 10.1. The maximum atomic E-state index is 12.4. The molecule has 0 aliphatic carbocycles. The largest absolute Gasteiger partial charge is 0.444 e. The molecule has 7 nitrogen and oxygen atoms in total. The number of nitrogens with one attached hydrogen (secondary N) is 1. The highest BCUT2D eigenvalue weighted by molar-refractivity contribution is 7.92. The van der Waals surface area contributed by atoms with Gasteiger partial charge in [0.1, 0.15) is 0 Å². The molecule has 8 heteroatoms. The number of anilines is 1. The zero-order chi connectivity index (χ0) is 17.7. The van der Waals surface area contributed by atoms with Gasteiger partial charge in [0.25, 0.3) is 5.91 Å². The predicted octanol–water partition coefficient (Wildman–Crippen LogP) is 1.44. The molecule has 3 N–H and O–H groups in total. The minimum Gasteiger partial charge on any atom is -0.444 e. The minimum atomic E-state index is -3.58. The Hall–Kier alpha value is -2.87. The molecular formula is C16H16N2O5S. The fourth-order valence-corrected chi connectivity index (χ4v) is 2.62. The van der Waals surface area contributed by atoms with Crippen LogP contribution in [0.2, 0.25) is 0 Å². The van der Waals surface area contributed by atoms with E-state index in [-0.39, 0.29) is 11.3 Å². The number of esters is 1. The van der Waals surface area contributed by atoms with E-state index in [1.54, 1.807) is 42.5 Å².